The summed E-state index contributed by atoms with van der Waals surface area (Å²) in [6.45, 7) is 15.3. The number of hydrogen-bond donors (Lipinski definition) is 1. The monoisotopic (exact) mass is 524 g/mol. The third-order valence-electron chi connectivity index (χ3n) is 7.05. The molecule has 3 rings (SSSR count). The van der Waals surface area contributed by atoms with Crippen LogP contribution in [0.15, 0.2) is 53.9 Å². The quantitative estimate of drug-likeness (QED) is 0.345. The second-order valence-electron chi connectivity index (χ2n) is 9.71. The third kappa shape index (κ3) is 6.80. The summed E-state index contributed by atoms with van der Waals surface area (Å²) in [7, 11) is 0. The maximum atomic E-state index is 14.4. The van der Waals surface area contributed by atoms with Gasteiger partial charge < -0.3 is 10.2 Å². The number of carbonyl (C=O) groups excluding carboxylic acids is 2. The summed E-state index contributed by atoms with van der Waals surface area (Å²) in [4.78, 5) is 29.1. The lowest BCUT2D eigenvalue weighted by atomic mass is 9.93. The van der Waals surface area contributed by atoms with Gasteiger partial charge >= 0.3 is 0 Å². The molecule has 1 N–H and O–H groups in total. The first-order chi connectivity index (χ1) is 18.2. The second-order valence-corrected chi connectivity index (χ2v) is 9.71. The van der Waals surface area contributed by atoms with Crippen LogP contribution in [0.4, 0.5) is 4.39 Å². The molecule has 1 aromatic heterocycles. The van der Waals surface area contributed by atoms with E-state index in [4.69, 9.17) is 5.10 Å². The first-order valence-corrected chi connectivity index (χ1v) is 14.0. The van der Waals surface area contributed by atoms with Crippen molar-refractivity contribution in [3.63, 3.8) is 0 Å². The maximum Gasteiger partial charge on any atom is 0.273 e. The van der Waals surface area contributed by atoms with Gasteiger partial charge in [0.05, 0.1) is 12.2 Å². The molecule has 1 aliphatic rings. The van der Waals surface area contributed by atoms with Crippen molar-refractivity contribution in [2.24, 2.45) is 0 Å². The zero-order valence-electron chi connectivity index (χ0n) is 24.4. The standard InChI is InChI=1S/C29H39FN4O2.C2H6/c1-7-11-23(20(5)30)18-33-27(35)26-17-25(22-15-13-21(9-3)14-16-22)32-34(26)19-29(33,6)28(36)31-24(10-4)12-8-2;1-2/h7,11,13-17,24H,8-10,12,18-19H2,1-6H3,(H,31,36);1-2H3/b11-7-,23-20-;. The Hall–Kier alpha value is -3.22. The lowest BCUT2D eigenvalue weighted by molar-refractivity contribution is -0.133. The number of carbonyl (C=O) groups is 2. The summed E-state index contributed by atoms with van der Waals surface area (Å²) in [5, 5.41) is 7.86. The summed E-state index contributed by atoms with van der Waals surface area (Å²) in [5.74, 6) is -0.964. The molecule has 38 heavy (non-hydrogen) atoms. The predicted molar refractivity (Wildman–Crippen MR) is 154 cm³/mol. The maximum absolute atomic E-state index is 14.4. The lowest BCUT2D eigenvalue weighted by Gasteiger charge is -2.44. The van der Waals surface area contributed by atoms with Crippen LogP contribution in [0.3, 0.4) is 0 Å². The number of aromatic nitrogens is 2. The summed E-state index contributed by atoms with van der Waals surface area (Å²) in [6.07, 6.45) is 6.91. The van der Waals surface area contributed by atoms with E-state index in [1.807, 2.05) is 32.9 Å². The zero-order chi connectivity index (χ0) is 28.5. The minimum absolute atomic E-state index is 0.00823. The smallest absolute Gasteiger partial charge is 0.273 e. The SMILES string of the molecule is C/C=C\C(CN1C(=O)c2cc(-c3ccc(CC)cc3)nn2CC1(C)C(=O)NC(CC)CCC)=C(/C)F.CC. The number of fused-ring (bicyclic) bond motifs is 1. The van der Waals surface area contributed by atoms with E-state index in [0.29, 0.717) is 17.0 Å². The van der Waals surface area contributed by atoms with Crippen molar-refractivity contribution >= 4 is 11.8 Å². The topological polar surface area (TPSA) is 67.2 Å². The van der Waals surface area contributed by atoms with E-state index >= 15 is 0 Å². The van der Waals surface area contributed by atoms with E-state index in [1.165, 1.54) is 17.4 Å². The number of hydrogen-bond acceptors (Lipinski definition) is 3. The number of benzene rings is 1. The number of halogens is 1. The van der Waals surface area contributed by atoms with Crippen molar-refractivity contribution < 1.29 is 14.0 Å². The van der Waals surface area contributed by atoms with Crippen LogP contribution in [0.5, 0.6) is 0 Å². The van der Waals surface area contributed by atoms with Gasteiger partial charge in [-0.25, -0.2) is 4.39 Å². The van der Waals surface area contributed by atoms with Crippen molar-refractivity contribution in [2.75, 3.05) is 6.54 Å². The molecular formula is C31H45FN4O2. The van der Waals surface area contributed by atoms with Crippen molar-refractivity contribution in [3.05, 3.63) is 65.1 Å². The average Bonchev–Trinajstić information content (AvgIpc) is 3.35. The molecule has 0 spiro atoms. The van der Waals surface area contributed by atoms with Crippen LogP contribution in [0.2, 0.25) is 0 Å². The summed E-state index contributed by atoms with van der Waals surface area (Å²) in [6, 6.07) is 9.87. The van der Waals surface area contributed by atoms with Crippen LogP contribution in [-0.4, -0.2) is 44.6 Å². The second kappa shape index (κ2) is 14.1. The molecule has 2 aromatic rings. The van der Waals surface area contributed by atoms with E-state index in [2.05, 4.69) is 31.3 Å². The molecule has 208 valence electrons. The first kappa shape index (κ1) is 31.0. The highest BCUT2D eigenvalue weighted by Gasteiger charge is 2.48. The highest BCUT2D eigenvalue weighted by Crippen LogP contribution is 2.32. The summed E-state index contributed by atoms with van der Waals surface area (Å²) >= 11 is 0. The molecule has 0 saturated carbocycles. The van der Waals surface area contributed by atoms with Crippen molar-refractivity contribution in [2.45, 2.75) is 99.2 Å². The highest BCUT2D eigenvalue weighted by molar-refractivity contribution is 6.00. The Labute approximate surface area is 228 Å². The van der Waals surface area contributed by atoms with Crippen LogP contribution in [-0.2, 0) is 17.8 Å². The predicted octanol–water partition coefficient (Wildman–Crippen LogP) is 6.87. The van der Waals surface area contributed by atoms with Gasteiger partial charge in [0.1, 0.15) is 17.1 Å². The molecule has 0 radical (unpaired) electrons. The van der Waals surface area contributed by atoms with E-state index < -0.39 is 5.54 Å². The Morgan fingerprint density at radius 1 is 1.21 bits per heavy atom. The largest absolute Gasteiger partial charge is 0.351 e. The van der Waals surface area contributed by atoms with Gasteiger partial charge in [-0.15, -0.1) is 0 Å². The molecule has 0 saturated heterocycles. The van der Waals surface area contributed by atoms with E-state index in [1.54, 1.807) is 36.7 Å². The minimum Gasteiger partial charge on any atom is -0.351 e. The average molecular weight is 525 g/mol. The third-order valence-corrected chi connectivity index (χ3v) is 7.05. The Morgan fingerprint density at radius 2 is 1.87 bits per heavy atom. The number of aryl methyl sites for hydroxylation is 1. The fourth-order valence-electron chi connectivity index (χ4n) is 4.66. The fourth-order valence-corrected chi connectivity index (χ4v) is 4.66. The number of nitrogens with one attached hydrogen (secondary N) is 1. The molecule has 2 atom stereocenters. The van der Waals surface area contributed by atoms with Gasteiger partial charge in [-0.3, -0.25) is 14.3 Å². The zero-order valence-corrected chi connectivity index (χ0v) is 24.4. The molecule has 2 unspecified atom stereocenters. The Morgan fingerprint density at radius 3 is 2.39 bits per heavy atom. The number of rotatable bonds is 10. The summed E-state index contributed by atoms with van der Waals surface area (Å²) < 4.78 is 16.0. The first-order valence-electron chi connectivity index (χ1n) is 14.0. The molecule has 2 amide bonds. The molecule has 0 aliphatic carbocycles. The van der Waals surface area contributed by atoms with E-state index in [-0.39, 0.29) is 36.8 Å². The lowest BCUT2D eigenvalue weighted by Crippen LogP contribution is -2.65. The number of allylic oxidation sites excluding steroid dienone is 2. The van der Waals surface area contributed by atoms with Crippen molar-refractivity contribution in [1.82, 2.24) is 20.0 Å². The molecule has 6 nitrogen and oxygen atoms in total. The van der Waals surface area contributed by atoms with E-state index in [0.717, 1.165) is 31.2 Å². The molecule has 1 aliphatic heterocycles. The molecule has 2 heterocycles. The Balaban J connectivity index is 0.00000247. The molecule has 0 fully saturated rings. The van der Waals surface area contributed by atoms with Gasteiger partial charge in [0.25, 0.3) is 5.91 Å². The van der Waals surface area contributed by atoms with Gasteiger partial charge in [0.2, 0.25) is 5.91 Å². The van der Waals surface area contributed by atoms with Gasteiger partial charge in [0, 0.05) is 23.7 Å². The normalized spacial score (nSPS) is 18.4. The van der Waals surface area contributed by atoms with E-state index in [9.17, 15) is 14.0 Å². The van der Waals surface area contributed by atoms with Crippen LogP contribution >= 0.6 is 0 Å². The molecule has 1 aromatic carbocycles. The van der Waals surface area contributed by atoms with Gasteiger partial charge in [-0.2, -0.15) is 5.10 Å². The fraction of sp³-hybridized carbons (Fsp3) is 0.516. The molecule has 7 heteroatoms. The van der Waals surface area contributed by atoms with Crippen molar-refractivity contribution in [3.8, 4) is 11.3 Å². The Kier molecular flexibility index (Phi) is 11.5. The van der Waals surface area contributed by atoms with Gasteiger partial charge in [0.15, 0.2) is 0 Å². The highest BCUT2D eigenvalue weighted by atomic mass is 19.1. The van der Waals surface area contributed by atoms with Crippen LogP contribution in [0, 0.1) is 0 Å². The van der Waals surface area contributed by atoms with Crippen LogP contribution in [0.25, 0.3) is 11.3 Å². The van der Waals surface area contributed by atoms with Crippen LogP contribution < -0.4 is 5.32 Å². The number of amides is 2. The minimum atomic E-state index is -1.23. The molecule has 0 bridgehead atoms. The van der Waals surface area contributed by atoms with Gasteiger partial charge in [-0.1, -0.05) is 77.5 Å². The van der Waals surface area contributed by atoms with Gasteiger partial charge in [-0.05, 0) is 51.7 Å². The number of nitrogens with zero attached hydrogens (tertiary/aromatic N) is 3. The Bertz CT molecular complexity index is 1150. The van der Waals surface area contributed by atoms with Crippen LogP contribution in [0.1, 0.15) is 90.7 Å². The van der Waals surface area contributed by atoms with Crippen molar-refractivity contribution in [1.29, 1.82) is 0 Å². The summed E-state index contributed by atoms with van der Waals surface area (Å²) in [5.41, 5.74) is 2.33. The molecular weight excluding hydrogens is 479 g/mol.